The van der Waals surface area contributed by atoms with Crippen molar-refractivity contribution in [2.45, 2.75) is 6.92 Å². The molecule has 76 valence electrons. The first-order valence-electron chi connectivity index (χ1n) is 4.27. The zero-order valence-electron chi connectivity index (χ0n) is 7.87. The molecule has 0 spiro atoms. The first kappa shape index (κ1) is 11.0. The van der Waals surface area contributed by atoms with E-state index in [1.807, 2.05) is 24.3 Å². The summed E-state index contributed by atoms with van der Waals surface area (Å²) in [6.45, 7) is 2.05. The van der Waals surface area contributed by atoms with E-state index in [2.05, 4.69) is 15.9 Å². The summed E-state index contributed by atoms with van der Waals surface area (Å²) in [5, 5.41) is 0. The fourth-order valence-corrected chi connectivity index (χ4v) is 1.10. The molecule has 0 aliphatic carbocycles. The largest absolute Gasteiger partial charge is 0.493 e. The van der Waals surface area contributed by atoms with Crippen LogP contribution in [0.5, 0.6) is 5.75 Å². The Hall–Kier alpha value is -1.03. The molecule has 1 rings (SSSR count). The lowest BCUT2D eigenvalue weighted by Gasteiger charge is -2.09. The molecule has 0 heterocycles. The fraction of sp³-hybridized carbons (Fsp3) is 0.300. The molecular weight excluding hydrogens is 246 g/mol. The van der Waals surface area contributed by atoms with Crippen LogP contribution in [0, 0.1) is 5.92 Å². The van der Waals surface area contributed by atoms with Crippen molar-refractivity contribution in [3.8, 4) is 5.75 Å². The average molecular weight is 258 g/mol. The number of rotatable bonds is 4. The second kappa shape index (κ2) is 5.00. The number of benzene rings is 1. The molecule has 0 bridgehead atoms. The van der Waals surface area contributed by atoms with E-state index in [0.29, 0.717) is 6.61 Å². The van der Waals surface area contributed by atoms with E-state index in [9.17, 15) is 4.79 Å². The van der Waals surface area contributed by atoms with Crippen molar-refractivity contribution < 1.29 is 9.53 Å². The van der Waals surface area contributed by atoms with Gasteiger partial charge in [0, 0.05) is 4.47 Å². The highest BCUT2D eigenvalue weighted by atomic mass is 79.9. The molecule has 0 saturated heterocycles. The second-order valence-electron chi connectivity index (χ2n) is 3.07. The van der Waals surface area contributed by atoms with Crippen LogP contribution in [0.2, 0.25) is 0 Å². The minimum atomic E-state index is -0.345. The predicted molar refractivity (Wildman–Crippen MR) is 58.0 cm³/mol. The van der Waals surface area contributed by atoms with Crippen molar-refractivity contribution in [1.29, 1.82) is 0 Å². The number of primary amides is 1. The van der Waals surface area contributed by atoms with Gasteiger partial charge in [-0.25, -0.2) is 0 Å². The highest BCUT2D eigenvalue weighted by molar-refractivity contribution is 9.10. The quantitative estimate of drug-likeness (QED) is 0.897. The zero-order valence-corrected chi connectivity index (χ0v) is 9.45. The molecule has 3 nitrogen and oxygen atoms in total. The lowest BCUT2D eigenvalue weighted by molar-refractivity contribution is -0.122. The molecule has 0 aliphatic rings. The Balaban J connectivity index is 2.46. The summed E-state index contributed by atoms with van der Waals surface area (Å²) in [7, 11) is 0. The predicted octanol–water partition coefficient (Wildman–Crippen LogP) is 1.95. The summed E-state index contributed by atoms with van der Waals surface area (Å²) < 4.78 is 6.36. The van der Waals surface area contributed by atoms with Crippen LogP contribution in [0.4, 0.5) is 0 Å². The van der Waals surface area contributed by atoms with Crippen LogP contribution in [0.15, 0.2) is 28.7 Å². The second-order valence-corrected chi connectivity index (χ2v) is 3.98. The van der Waals surface area contributed by atoms with Crippen LogP contribution in [0.1, 0.15) is 6.92 Å². The summed E-state index contributed by atoms with van der Waals surface area (Å²) in [6.07, 6.45) is 0. The van der Waals surface area contributed by atoms with E-state index < -0.39 is 0 Å². The molecule has 0 radical (unpaired) electrons. The maximum atomic E-state index is 10.7. The maximum Gasteiger partial charge on any atom is 0.223 e. The summed E-state index contributed by atoms with van der Waals surface area (Å²) in [5.74, 6) is 0.127. The van der Waals surface area contributed by atoms with Gasteiger partial charge in [0.2, 0.25) is 5.91 Å². The van der Waals surface area contributed by atoms with Gasteiger partial charge in [0.15, 0.2) is 0 Å². The smallest absolute Gasteiger partial charge is 0.223 e. The third kappa shape index (κ3) is 3.38. The summed E-state index contributed by atoms with van der Waals surface area (Å²) in [4.78, 5) is 10.7. The molecule has 4 heteroatoms. The molecule has 2 N–H and O–H groups in total. The third-order valence-electron chi connectivity index (χ3n) is 1.80. The minimum absolute atomic E-state index is 0.265. The monoisotopic (exact) mass is 257 g/mol. The molecule has 1 atom stereocenters. The van der Waals surface area contributed by atoms with Crippen LogP contribution >= 0.6 is 15.9 Å². The number of nitrogens with two attached hydrogens (primary N) is 1. The normalized spacial score (nSPS) is 12.1. The van der Waals surface area contributed by atoms with Gasteiger partial charge in [0.1, 0.15) is 5.75 Å². The SMILES string of the molecule is CC(COc1ccc(Br)cc1)C(N)=O. The highest BCUT2D eigenvalue weighted by Crippen LogP contribution is 2.16. The molecule has 14 heavy (non-hydrogen) atoms. The van der Waals surface area contributed by atoms with Gasteiger partial charge in [-0.05, 0) is 24.3 Å². The van der Waals surface area contributed by atoms with Gasteiger partial charge in [-0.15, -0.1) is 0 Å². The molecule has 0 aromatic heterocycles. The van der Waals surface area contributed by atoms with E-state index in [1.165, 1.54) is 0 Å². The van der Waals surface area contributed by atoms with Gasteiger partial charge in [-0.1, -0.05) is 22.9 Å². The van der Waals surface area contributed by atoms with Gasteiger partial charge in [0.25, 0.3) is 0 Å². The first-order chi connectivity index (χ1) is 6.59. The number of amides is 1. The number of carbonyl (C=O) groups is 1. The first-order valence-corrected chi connectivity index (χ1v) is 5.06. The average Bonchev–Trinajstić information content (AvgIpc) is 2.16. The van der Waals surface area contributed by atoms with E-state index >= 15 is 0 Å². The van der Waals surface area contributed by atoms with Gasteiger partial charge in [0.05, 0.1) is 12.5 Å². The van der Waals surface area contributed by atoms with Crippen LogP contribution in [-0.2, 0) is 4.79 Å². The van der Waals surface area contributed by atoms with Crippen molar-refractivity contribution in [3.63, 3.8) is 0 Å². The highest BCUT2D eigenvalue weighted by Gasteiger charge is 2.08. The lowest BCUT2D eigenvalue weighted by Crippen LogP contribution is -2.25. The summed E-state index contributed by atoms with van der Waals surface area (Å²) in [6, 6.07) is 7.42. The fourth-order valence-electron chi connectivity index (χ4n) is 0.834. The lowest BCUT2D eigenvalue weighted by atomic mass is 10.2. The molecule has 0 saturated carbocycles. The Kier molecular flexibility index (Phi) is 3.95. The number of hydrogen-bond donors (Lipinski definition) is 1. The van der Waals surface area contributed by atoms with E-state index in [-0.39, 0.29) is 11.8 Å². The Morgan fingerprint density at radius 1 is 1.50 bits per heavy atom. The molecule has 0 fully saturated rings. The topological polar surface area (TPSA) is 52.3 Å². The summed E-state index contributed by atoms with van der Waals surface area (Å²) in [5.41, 5.74) is 5.10. The van der Waals surface area contributed by atoms with Crippen LogP contribution in [-0.4, -0.2) is 12.5 Å². The molecule has 1 amide bonds. The molecule has 1 aromatic carbocycles. The number of hydrogen-bond acceptors (Lipinski definition) is 2. The Bertz CT molecular complexity index is 310. The van der Waals surface area contributed by atoms with Crippen LogP contribution in [0.25, 0.3) is 0 Å². The Morgan fingerprint density at radius 2 is 2.07 bits per heavy atom. The number of carbonyl (C=O) groups excluding carboxylic acids is 1. The number of ether oxygens (including phenoxy) is 1. The van der Waals surface area contributed by atoms with Gasteiger partial charge >= 0.3 is 0 Å². The van der Waals surface area contributed by atoms with Crippen molar-refractivity contribution in [2.75, 3.05) is 6.61 Å². The molecule has 1 unspecified atom stereocenters. The van der Waals surface area contributed by atoms with Crippen LogP contribution < -0.4 is 10.5 Å². The molecule has 0 aliphatic heterocycles. The van der Waals surface area contributed by atoms with Crippen molar-refractivity contribution in [2.24, 2.45) is 11.7 Å². The Labute approximate surface area is 91.4 Å². The molecule has 1 aromatic rings. The van der Waals surface area contributed by atoms with Crippen molar-refractivity contribution in [1.82, 2.24) is 0 Å². The minimum Gasteiger partial charge on any atom is -0.493 e. The standard InChI is InChI=1S/C10H12BrNO2/c1-7(10(12)13)6-14-9-4-2-8(11)3-5-9/h2-5,7H,6H2,1H3,(H2,12,13). The van der Waals surface area contributed by atoms with Crippen LogP contribution in [0.3, 0.4) is 0 Å². The maximum absolute atomic E-state index is 10.7. The van der Waals surface area contributed by atoms with Gasteiger partial charge in [-0.2, -0.15) is 0 Å². The zero-order chi connectivity index (χ0) is 10.6. The summed E-state index contributed by atoms with van der Waals surface area (Å²) >= 11 is 3.32. The van der Waals surface area contributed by atoms with Crippen molar-refractivity contribution in [3.05, 3.63) is 28.7 Å². The molecular formula is C10H12BrNO2. The van der Waals surface area contributed by atoms with E-state index in [4.69, 9.17) is 10.5 Å². The van der Waals surface area contributed by atoms with E-state index in [0.717, 1.165) is 10.2 Å². The third-order valence-corrected chi connectivity index (χ3v) is 2.33. The van der Waals surface area contributed by atoms with E-state index in [1.54, 1.807) is 6.92 Å². The van der Waals surface area contributed by atoms with Gasteiger partial charge < -0.3 is 10.5 Å². The van der Waals surface area contributed by atoms with Gasteiger partial charge in [-0.3, -0.25) is 4.79 Å². The van der Waals surface area contributed by atoms with Crippen molar-refractivity contribution >= 4 is 21.8 Å². The Morgan fingerprint density at radius 3 is 2.57 bits per heavy atom. The number of halogens is 1.